The molecular weight excluding hydrogens is 278 g/mol. The van der Waals surface area contributed by atoms with Crippen LogP contribution in [0.15, 0.2) is 24.3 Å². The van der Waals surface area contributed by atoms with Gasteiger partial charge >= 0.3 is 0 Å². The Morgan fingerprint density at radius 1 is 1.16 bits per heavy atom. The van der Waals surface area contributed by atoms with E-state index in [2.05, 4.69) is 41.3 Å². The standard InChI is InChI=1S/C15H21NOS.ClH/c1-17-14-6-2-11(3-7-14)10-18-15-8-12-4-5-13(9-15)16-12;/h2-3,6-7,12-13,15-16H,4-5,8-10H2,1H3;1H. The highest BCUT2D eigenvalue weighted by atomic mass is 35.5. The van der Waals surface area contributed by atoms with Crippen molar-refractivity contribution in [3.8, 4) is 5.75 Å². The van der Waals surface area contributed by atoms with Gasteiger partial charge in [-0.3, -0.25) is 0 Å². The molecule has 2 aliphatic heterocycles. The first-order valence-electron chi connectivity index (χ1n) is 6.84. The van der Waals surface area contributed by atoms with Crippen LogP contribution in [-0.4, -0.2) is 24.4 Å². The lowest BCUT2D eigenvalue weighted by Crippen LogP contribution is -2.39. The van der Waals surface area contributed by atoms with Crippen molar-refractivity contribution in [2.75, 3.05) is 7.11 Å². The molecule has 2 atom stereocenters. The number of hydrogen-bond donors (Lipinski definition) is 1. The van der Waals surface area contributed by atoms with Crippen molar-refractivity contribution in [3.05, 3.63) is 29.8 Å². The molecule has 0 radical (unpaired) electrons. The fourth-order valence-corrected chi connectivity index (χ4v) is 4.43. The van der Waals surface area contributed by atoms with Crippen LogP contribution in [0.1, 0.15) is 31.2 Å². The Morgan fingerprint density at radius 3 is 2.37 bits per heavy atom. The minimum Gasteiger partial charge on any atom is -0.497 e. The number of nitrogens with one attached hydrogen (secondary N) is 1. The summed E-state index contributed by atoms with van der Waals surface area (Å²) < 4.78 is 5.18. The summed E-state index contributed by atoms with van der Waals surface area (Å²) >= 11 is 2.13. The molecule has 0 saturated carbocycles. The molecule has 2 unspecified atom stereocenters. The second-order valence-electron chi connectivity index (χ2n) is 5.39. The summed E-state index contributed by atoms with van der Waals surface area (Å²) in [6.07, 6.45) is 5.50. The summed E-state index contributed by atoms with van der Waals surface area (Å²) in [7, 11) is 1.72. The summed E-state index contributed by atoms with van der Waals surface area (Å²) in [5.74, 6) is 2.08. The molecule has 1 N–H and O–H groups in total. The van der Waals surface area contributed by atoms with Gasteiger partial charge in [0, 0.05) is 23.1 Å². The Hall–Kier alpha value is -0.380. The molecule has 3 rings (SSSR count). The molecule has 1 aromatic rings. The zero-order chi connectivity index (χ0) is 12.4. The summed E-state index contributed by atoms with van der Waals surface area (Å²) in [6, 6.07) is 10.1. The molecule has 2 aliphatic rings. The van der Waals surface area contributed by atoms with E-state index in [1.807, 2.05) is 0 Å². The fraction of sp³-hybridized carbons (Fsp3) is 0.600. The topological polar surface area (TPSA) is 21.3 Å². The van der Waals surface area contributed by atoms with Gasteiger partial charge in [-0.05, 0) is 43.4 Å². The highest BCUT2D eigenvalue weighted by Gasteiger charge is 2.33. The van der Waals surface area contributed by atoms with Gasteiger partial charge in [0.15, 0.2) is 0 Å². The van der Waals surface area contributed by atoms with Crippen molar-refractivity contribution in [1.82, 2.24) is 5.32 Å². The van der Waals surface area contributed by atoms with Crippen LogP contribution in [0.2, 0.25) is 0 Å². The molecule has 19 heavy (non-hydrogen) atoms. The first kappa shape index (κ1) is 15.0. The molecule has 0 aromatic heterocycles. The van der Waals surface area contributed by atoms with Crippen molar-refractivity contribution in [2.24, 2.45) is 0 Å². The third-order valence-corrected chi connectivity index (χ3v) is 5.43. The van der Waals surface area contributed by atoms with Crippen LogP contribution in [0.4, 0.5) is 0 Å². The van der Waals surface area contributed by atoms with E-state index in [1.54, 1.807) is 7.11 Å². The average molecular weight is 300 g/mol. The largest absolute Gasteiger partial charge is 0.497 e. The maximum atomic E-state index is 5.18. The van der Waals surface area contributed by atoms with Gasteiger partial charge in [0.2, 0.25) is 0 Å². The highest BCUT2D eigenvalue weighted by Crippen LogP contribution is 2.35. The summed E-state index contributed by atoms with van der Waals surface area (Å²) in [5, 5.41) is 4.56. The van der Waals surface area contributed by atoms with E-state index in [0.717, 1.165) is 28.8 Å². The van der Waals surface area contributed by atoms with E-state index in [1.165, 1.54) is 31.2 Å². The van der Waals surface area contributed by atoms with Crippen LogP contribution < -0.4 is 10.1 Å². The van der Waals surface area contributed by atoms with Gasteiger partial charge in [-0.1, -0.05) is 12.1 Å². The number of thioether (sulfide) groups is 1. The lowest BCUT2D eigenvalue weighted by atomic mass is 10.1. The van der Waals surface area contributed by atoms with E-state index in [4.69, 9.17) is 4.74 Å². The number of halogens is 1. The second-order valence-corrected chi connectivity index (χ2v) is 6.68. The molecule has 0 aliphatic carbocycles. The van der Waals surface area contributed by atoms with Crippen molar-refractivity contribution in [1.29, 1.82) is 0 Å². The minimum absolute atomic E-state index is 0. The van der Waals surface area contributed by atoms with Crippen LogP contribution in [0, 0.1) is 0 Å². The average Bonchev–Trinajstić information content (AvgIpc) is 2.76. The third-order valence-electron chi connectivity index (χ3n) is 4.07. The van der Waals surface area contributed by atoms with Crippen molar-refractivity contribution < 1.29 is 4.74 Å². The predicted octanol–water partition coefficient (Wildman–Crippen LogP) is 3.63. The first-order chi connectivity index (χ1) is 8.83. The SMILES string of the molecule is COc1ccc(CSC2CC3CCC(C2)N3)cc1.Cl. The third kappa shape index (κ3) is 3.80. The molecule has 106 valence electrons. The molecule has 0 amide bonds. The number of fused-ring (bicyclic) bond motifs is 2. The van der Waals surface area contributed by atoms with Gasteiger partial charge in [-0.2, -0.15) is 11.8 Å². The number of ether oxygens (including phenoxy) is 1. The van der Waals surface area contributed by atoms with Crippen LogP contribution in [0.5, 0.6) is 5.75 Å². The normalized spacial score (nSPS) is 28.8. The number of benzene rings is 1. The van der Waals surface area contributed by atoms with Gasteiger partial charge in [0.05, 0.1) is 7.11 Å². The molecular formula is C15H22ClNOS. The van der Waals surface area contributed by atoms with E-state index in [0.29, 0.717) is 0 Å². The highest BCUT2D eigenvalue weighted by molar-refractivity contribution is 7.99. The van der Waals surface area contributed by atoms with Gasteiger partial charge in [0.25, 0.3) is 0 Å². The Labute approximate surface area is 126 Å². The van der Waals surface area contributed by atoms with Crippen molar-refractivity contribution in [2.45, 2.75) is 48.8 Å². The number of methoxy groups -OCH3 is 1. The zero-order valence-electron chi connectivity index (χ0n) is 11.3. The molecule has 2 saturated heterocycles. The number of rotatable bonds is 4. The molecule has 4 heteroatoms. The molecule has 1 aromatic carbocycles. The summed E-state index contributed by atoms with van der Waals surface area (Å²) in [4.78, 5) is 0. The Balaban J connectivity index is 0.00000133. The number of piperidine rings is 1. The summed E-state index contributed by atoms with van der Waals surface area (Å²) in [6.45, 7) is 0. The summed E-state index contributed by atoms with van der Waals surface area (Å²) in [5.41, 5.74) is 1.41. The maximum Gasteiger partial charge on any atom is 0.118 e. The van der Waals surface area contributed by atoms with Crippen molar-refractivity contribution in [3.63, 3.8) is 0 Å². The van der Waals surface area contributed by atoms with Crippen molar-refractivity contribution >= 4 is 24.2 Å². The molecule has 2 fully saturated rings. The fourth-order valence-electron chi connectivity index (χ4n) is 3.08. The van der Waals surface area contributed by atoms with E-state index in [9.17, 15) is 0 Å². The Bertz CT molecular complexity index is 386. The van der Waals surface area contributed by atoms with Gasteiger partial charge in [-0.15, -0.1) is 12.4 Å². The second kappa shape index (κ2) is 6.87. The Morgan fingerprint density at radius 2 is 1.79 bits per heavy atom. The minimum atomic E-state index is 0. The lowest BCUT2D eigenvalue weighted by Gasteiger charge is -2.28. The van der Waals surface area contributed by atoms with E-state index in [-0.39, 0.29) is 12.4 Å². The molecule has 2 heterocycles. The lowest BCUT2D eigenvalue weighted by molar-refractivity contribution is 0.414. The number of hydrogen-bond acceptors (Lipinski definition) is 3. The van der Waals surface area contributed by atoms with Crippen LogP contribution in [0.25, 0.3) is 0 Å². The molecule has 2 bridgehead atoms. The molecule has 2 nitrogen and oxygen atoms in total. The van der Waals surface area contributed by atoms with E-state index < -0.39 is 0 Å². The van der Waals surface area contributed by atoms with Gasteiger partial charge in [-0.25, -0.2) is 0 Å². The van der Waals surface area contributed by atoms with Gasteiger partial charge in [0.1, 0.15) is 5.75 Å². The van der Waals surface area contributed by atoms with Crippen LogP contribution in [-0.2, 0) is 5.75 Å². The smallest absolute Gasteiger partial charge is 0.118 e. The van der Waals surface area contributed by atoms with Crippen LogP contribution >= 0.6 is 24.2 Å². The predicted molar refractivity (Wildman–Crippen MR) is 84.5 cm³/mol. The molecule has 0 spiro atoms. The maximum absolute atomic E-state index is 5.18. The van der Waals surface area contributed by atoms with Gasteiger partial charge < -0.3 is 10.1 Å². The monoisotopic (exact) mass is 299 g/mol. The Kier molecular flexibility index (Phi) is 5.43. The quantitative estimate of drug-likeness (QED) is 0.917. The zero-order valence-corrected chi connectivity index (χ0v) is 12.9. The van der Waals surface area contributed by atoms with E-state index >= 15 is 0 Å². The first-order valence-corrected chi connectivity index (χ1v) is 7.89. The van der Waals surface area contributed by atoms with Crippen LogP contribution in [0.3, 0.4) is 0 Å².